The molecule has 13 aromatic rings. The zero-order valence-corrected chi connectivity index (χ0v) is 39.8. The molecule has 6 heteroatoms. The zero-order chi connectivity index (χ0) is 49.5. The molecular weight excluding hydrogens is 901 g/mol. The molecule has 4 heterocycles. The summed E-state index contributed by atoms with van der Waals surface area (Å²) < 4.78 is 0. The largest absolute Gasteiger partial charge is 0.245 e. The number of hydrogen-bond acceptors (Lipinski definition) is 6. The summed E-state index contributed by atoms with van der Waals surface area (Å²) in [4.78, 5) is 21.7. The molecule has 0 atom stereocenters. The Morgan fingerprint density at radius 2 is 0.608 bits per heavy atom. The zero-order valence-electron chi connectivity index (χ0n) is 39.8. The Hall–Kier alpha value is -10.4. The fraction of sp³-hybridized carbons (Fsp3) is 0. The third-order valence-electron chi connectivity index (χ3n) is 13.9. The number of aromatic nitrogens is 4. The second-order valence-corrected chi connectivity index (χ2v) is 18.2. The van der Waals surface area contributed by atoms with Crippen LogP contribution < -0.4 is 0 Å². The van der Waals surface area contributed by atoms with E-state index in [4.69, 9.17) is 19.9 Å². The van der Waals surface area contributed by atoms with Gasteiger partial charge < -0.3 is 0 Å². The molecule has 0 aliphatic rings. The molecule has 13 rings (SSSR count). The minimum atomic E-state index is 0.431. The predicted octanol–water partition coefficient (Wildman–Crippen LogP) is 17.0. The maximum Gasteiger partial charge on any atom is 0.102 e. The van der Waals surface area contributed by atoms with Crippen LogP contribution in [0.25, 0.3) is 133 Å². The van der Waals surface area contributed by atoms with Crippen LogP contribution in [-0.2, 0) is 0 Å². The highest BCUT2D eigenvalue weighted by atomic mass is 14.8. The number of hydrogen-bond donors (Lipinski definition) is 0. The average molecular weight is 941 g/mol. The third kappa shape index (κ3) is 7.51. The molecule has 342 valence electrons. The molecular formula is C68H40N6. The fourth-order valence-corrected chi connectivity index (χ4v) is 10.5. The van der Waals surface area contributed by atoms with Crippen molar-refractivity contribution < 1.29 is 0 Å². The smallest absolute Gasteiger partial charge is 0.102 e. The van der Waals surface area contributed by atoms with Gasteiger partial charge in [0, 0.05) is 54.9 Å². The molecule has 74 heavy (non-hydrogen) atoms. The van der Waals surface area contributed by atoms with Crippen LogP contribution in [0.5, 0.6) is 0 Å². The maximum atomic E-state index is 11.5. The van der Waals surface area contributed by atoms with Gasteiger partial charge >= 0.3 is 0 Å². The van der Waals surface area contributed by atoms with Gasteiger partial charge in [0.15, 0.2) is 0 Å². The van der Waals surface area contributed by atoms with Crippen molar-refractivity contribution in [3.63, 3.8) is 0 Å². The van der Waals surface area contributed by atoms with E-state index in [1.54, 1.807) is 0 Å². The van der Waals surface area contributed by atoms with E-state index in [0.717, 1.165) is 111 Å². The van der Waals surface area contributed by atoms with Gasteiger partial charge in [-0.05, 0) is 63.7 Å². The van der Waals surface area contributed by atoms with Crippen molar-refractivity contribution in [2.75, 3.05) is 0 Å². The molecule has 0 aliphatic heterocycles. The van der Waals surface area contributed by atoms with Crippen LogP contribution >= 0.6 is 0 Å². The Kier molecular flexibility index (Phi) is 10.8. The Labute approximate surface area is 427 Å². The topological polar surface area (TPSA) is 99.1 Å². The van der Waals surface area contributed by atoms with Crippen LogP contribution in [0.1, 0.15) is 11.1 Å². The monoisotopic (exact) mass is 940 g/mol. The molecule has 0 bridgehead atoms. The van der Waals surface area contributed by atoms with E-state index in [2.05, 4.69) is 121 Å². The van der Waals surface area contributed by atoms with Gasteiger partial charge in [-0.1, -0.05) is 212 Å². The summed E-state index contributed by atoms with van der Waals surface area (Å²) in [6.45, 7) is 0. The number of benzene rings is 9. The lowest BCUT2D eigenvalue weighted by Gasteiger charge is -2.19. The number of rotatable bonds is 8. The van der Waals surface area contributed by atoms with Gasteiger partial charge in [-0.3, -0.25) is 0 Å². The molecule has 0 saturated heterocycles. The number of fused-ring (bicyclic) bond motifs is 6. The molecule has 0 spiro atoms. The second-order valence-electron chi connectivity index (χ2n) is 18.2. The number of nitrogens with zero attached hydrogens (tertiary/aromatic N) is 6. The molecule has 9 aromatic carbocycles. The van der Waals surface area contributed by atoms with Gasteiger partial charge in [0.1, 0.15) is 12.1 Å². The molecule has 0 fully saturated rings. The van der Waals surface area contributed by atoms with E-state index >= 15 is 0 Å². The fourth-order valence-electron chi connectivity index (χ4n) is 10.5. The van der Waals surface area contributed by atoms with Crippen molar-refractivity contribution in [2.24, 2.45) is 0 Å². The van der Waals surface area contributed by atoms with Crippen LogP contribution in [0.15, 0.2) is 243 Å². The minimum absolute atomic E-state index is 0.431. The van der Waals surface area contributed by atoms with Gasteiger partial charge in [0.2, 0.25) is 0 Å². The van der Waals surface area contributed by atoms with E-state index in [-0.39, 0.29) is 0 Å². The summed E-state index contributed by atoms with van der Waals surface area (Å²) in [5.41, 5.74) is 17.1. The van der Waals surface area contributed by atoms with Crippen molar-refractivity contribution in [1.82, 2.24) is 19.9 Å². The van der Waals surface area contributed by atoms with Crippen LogP contribution in [0.4, 0.5) is 0 Å². The van der Waals surface area contributed by atoms with E-state index in [1.165, 1.54) is 0 Å². The Morgan fingerprint density at radius 3 is 1.09 bits per heavy atom. The highest BCUT2D eigenvalue weighted by Gasteiger charge is 2.26. The Balaban J connectivity index is 1.14. The summed E-state index contributed by atoms with van der Waals surface area (Å²) >= 11 is 0. The predicted molar refractivity (Wildman–Crippen MR) is 301 cm³/mol. The first-order valence-corrected chi connectivity index (χ1v) is 24.5. The third-order valence-corrected chi connectivity index (χ3v) is 13.9. The standard InChI is InChI=1S/C68H40N6/c69-41-57-61(53-35-34-51-55(44-22-9-2-10-23-44)40-60(46-26-13-4-14-27-46)72-65(51)67(53)73-63(57)47-28-15-5-16-29-47)49-32-19-33-50(38-49)62-56-39-54(43-20-7-1-8-21-43)52-36-37-59(45-24-11-3-12-25-45)71-66(52)68(56)74-64(58(62)42-70)48-30-17-6-18-31-48/h1-40H. The molecule has 0 aliphatic carbocycles. The summed E-state index contributed by atoms with van der Waals surface area (Å²) in [6.07, 6.45) is 0. The summed E-state index contributed by atoms with van der Waals surface area (Å²) in [5, 5.41) is 26.4. The summed E-state index contributed by atoms with van der Waals surface area (Å²) in [6, 6.07) is 87.1. The molecule has 0 saturated carbocycles. The highest BCUT2D eigenvalue weighted by molar-refractivity contribution is 6.18. The molecule has 6 nitrogen and oxygen atoms in total. The van der Waals surface area contributed by atoms with Crippen LogP contribution in [0.2, 0.25) is 0 Å². The normalized spacial score (nSPS) is 11.2. The van der Waals surface area contributed by atoms with Crippen molar-refractivity contribution in [1.29, 1.82) is 10.5 Å². The lowest BCUT2D eigenvalue weighted by molar-refractivity contribution is 1.34. The van der Waals surface area contributed by atoms with Gasteiger partial charge in [-0.2, -0.15) is 10.5 Å². The van der Waals surface area contributed by atoms with Gasteiger partial charge in [-0.25, -0.2) is 19.9 Å². The van der Waals surface area contributed by atoms with E-state index in [1.807, 2.05) is 133 Å². The first-order valence-electron chi connectivity index (χ1n) is 24.5. The summed E-state index contributed by atoms with van der Waals surface area (Å²) in [5.74, 6) is 0. The molecule has 0 unspecified atom stereocenters. The quantitative estimate of drug-likeness (QED) is 0.141. The molecule has 4 aromatic heterocycles. The van der Waals surface area contributed by atoms with E-state index in [0.29, 0.717) is 33.5 Å². The first-order chi connectivity index (χ1) is 36.6. The van der Waals surface area contributed by atoms with E-state index in [9.17, 15) is 10.5 Å². The molecule has 0 amide bonds. The Bertz CT molecular complexity index is 4400. The lowest BCUT2D eigenvalue weighted by Crippen LogP contribution is -2.01. The van der Waals surface area contributed by atoms with Crippen LogP contribution in [-0.4, -0.2) is 19.9 Å². The number of nitriles is 2. The Morgan fingerprint density at radius 1 is 0.257 bits per heavy atom. The SMILES string of the molecule is N#Cc1c(-c2ccccc2)nc2c(ccc3c(-c4ccccc4)cc(-c4ccccc4)nc32)c1-c1cccc(-c2c(C#N)c(-c3ccccc3)nc3c2cc(-c2ccccc2)c2ccc(-c4ccccc4)nc23)c1. The van der Waals surface area contributed by atoms with Crippen molar-refractivity contribution in [2.45, 2.75) is 0 Å². The minimum Gasteiger partial charge on any atom is -0.245 e. The van der Waals surface area contributed by atoms with Crippen molar-refractivity contribution >= 4 is 43.6 Å². The van der Waals surface area contributed by atoms with Crippen molar-refractivity contribution in [3.05, 3.63) is 254 Å². The molecule has 0 N–H and O–H groups in total. The van der Waals surface area contributed by atoms with Crippen molar-refractivity contribution in [3.8, 4) is 102 Å². The average Bonchev–Trinajstić information content (AvgIpc) is 3.52. The second kappa shape index (κ2) is 18.4. The lowest BCUT2D eigenvalue weighted by atomic mass is 9.86. The number of pyridine rings is 4. The van der Waals surface area contributed by atoms with Gasteiger partial charge in [0.25, 0.3) is 0 Å². The van der Waals surface area contributed by atoms with Gasteiger partial charge in [-0.15, -0.1) is 0 Å². The maximum absolute atomic E-state index is 11.5. The first kappa shape index (κ1) is 43.6. The highest BCUT2D eigenvalue weighted by Crippen LogP contribution is 2.46. The van der Waals surface area contributed by atoms with Crippen LogP contribution in [0, 0.1) is 22.7 Å². The van der Waals surface area contributed by atoms with Gasteiger partial charge in [0.05, 0.1) is 56.0 Å². The van der Waals surface area contributed by atoms with E-state index < -0.39 is 0 Å². The van der Waals surface area contributed by atoms with Crippen LogP contribution in [0.3, 0.4) is 0 Å². The summed E-state index contributed by atoms with van der Waals surface area (Å²) in [7, 11) is 0. The molecule has 0 radical (unpaired) electrons.